The van der Waals surface area contributed by atoms with Crippen LogP contribution >= 0.6 is 11.6 Å². The van der Waals surface area contributed by atoms with Crippen LogP contribution in [0.5, 0.6) is 0 Å². The number of rotatable bonds is 4. The minimum atomic E-state index is -0.462. The van der Waals surface area contributed by atoms with Crippen LogP contribution in [0.25, 0.3) is 0 Å². The van der Waals surface area contributed by atoms with Crippen LogP contribution in [-0.4, -0.2) is 14.7 Å². The van der Waals surface area contributed by atoms with E-state index in [9.17, 15) is 10.1 Å². The van der Waals surface area contributed by atoms with E-state index in [1.54, 1.807) is 30.1 Å². The molecule has 0 aliphatic carbocycles. The molecule has 7 heteroatoms. The number of halogens is 1. The lowest BCUT2D eigenvalue weighted by molar-refractivity contribution is -0.383. The zero-order valence-corrected chi connectivity index (χ0v) is 11.3. The summed E-state index contributed by atoms with van der Waals surface area (Å²) in [5.74, 6) is 0. The van der Waals surface area contributed by atoms with Gasteiger partial charge in [-0.3, -0.25) is 14.8 Å². The molecule has 0 bridgehead atoms. The molecular formula is C12H13ClN4O2. The summed E-state index contributed by atoms with van der Waals surface area (Å²) < 4.78 is 1.67. The summed E-state index contributed by atoms with van der Waals surface area (Å²) in [6.45, 7) is 1.98. The summed E-state index contributed by atoms with van der Waals surface area (Å²) in [5, 5.41) is 18.7. The van der Waals surface area contributed by atoms with Crippen molar-refractivity contribution in [3.63, 3.8) is 0 Å². The van der Waals surface area contributed by atoms with Gasteiger partial charge in [-0.1, -0.05) is 18.5 Å². The van der Waals surface area contributed by atoms with Gasteiger partial charge in [-0.25, -0.2) is 0 Å². The third-order valence-electron chi connectivity index (χ3n) is 2.67. The molecule has 1 N–H and O–H groups in total. The third-order valence-corrected chi connectivity index (χ3v) is 2.90. The van der Waals surface area contributed by atoms with Crippen molar-refractivity contribution < 1.29 is 4.92 Å². The highest BCUT2D eigenvalue weighted by atomic mass is 35.5. The molecule has 0 saturated carbocycles. The normalized spacial score (nSPS) is 10.5. The van der Waals surface area contributed by atoms with Gasteiger partial charge in [0.25, 0.3) is 5.69 Å². The highest BCUT2D eigenvalue weighted by Crippen LogP contribution is 2.31. The zero-order valence-electron chi connectivity index (χ0n) is 10.6. The maximum Gasteiger partial charge on any atom is 0.294 e. The van der Waals surface area contributed by atoms with Gasteiger partial charge in [0.2, 0.25) is 0 Å². The summed E-state index contributed by atoms with van der Waals surface area (Å²) >= 11 is 5.78. The fraction of sp³-hybridized carbons (Fsp3) is 0.250. The average molecular weight is 281 g/mol. The summed E-state index contributed by atoms with van der Waals surface area (Å²) in [6, 6.07) is 4.53. The number of nitrogens with zero attached hydrogens (tertiary/aromatic N) is 3. The van der Waals surface area contributed by atoms with Gasteiger partial charge in [0.15, 0.2) is 0 Å². The number of anilines is 2. The van der Waals surface area contributed by atoms with Crippen LogP contribution in [0.15, 0.2) is 24.4 Å². The van der Waals surface area contributed by atoms with Gasteiger partial charge in [0.05, 0.1) is 16.3 Å². The second-order valence-corrected chi connectivity index (χ2v) is 4.50. The molecule has 0 radical (unpaired) electrons. The molecule has 6 nitrogen and oxygen atoms in total. The molecule has 1 aromatic carbocycles. The second kappa shape index (κ2) is 5.27. The summed E-state index contributed by atoms with van der Waals surface area (Å²) in [7, 11) is 1.81. The fourth-order valence-corrected chi connectivity index (χ4v) is 1.97. The minimum Gasteiger partial charge on any atom is -0.347 e. The Kier molecular flexibility index (Phi) is 3.71. The summed E-state index contributed by atoms with van der Waals surface area (Å²) in [6.07, 6.45) is 2.53. The van der Waals surface area contributed by atoms with Crippen molar-refractivity contribution in [1.29, 1.82) is 0 Å². The molecule has 2 rings (SSSR count). The Balaban J connectivity index is 2.40. The quantitative estimate of drug-likeness (QED) is 0.689. The summed E-state index contributed by atoms with van der Waals surface area (Å²) in [5.41, 5.74) is 1.96. The lowest BCUT2D eigenvalue weighted by atomic mass is 10.2. The molecule has 1 aromatic heterocycles. The van der Waals surface area contributed by atoms with Crippen LogP contribution in [0.4, 0.5) is 17.1 Å². The van der Waals surface area contributed by atoms with Gasteiger partial charge in [-0.05, 0) is 18.6 Å². The number of nitro benzene ring substituents is 1. The Hall–Kier alpha value is -2.08. The van der Waals surface area contributed by atoms with Gasteiger partial charge in [-0.2, -0.15) is 5.10 Å². The molecule has 0 fully saturated rings. The largest absolute Gasteiger partial charge is 0.347 e. The zero-order chi connectivity index (χ0) is 14.0. The smallest absolute Gasteiger partial charge is 0.294 e. The molecule has 0 unspecified atom stereocenters. The van der Waals surface area contributed by atoms with Crippen molar-refractivity contribution in [1.82, 2.24) is 9.78 Å². The molecule has 2 aromatic rings. The van der Waals surface area contributed by atoms with E-state index in [0.717, 1.165) is 17.8 Å². The predicted octanol–water partition coefficient (Wildman–Crippen LogP) is 3.29. The van der Waals surface area contributed by atoms with Crippen LogP contribution in [-0.2, 0) is 13.5 Å². The molecular weight excluding hydrogens is 268 g/mol. The van der Waals surface area contributed by atoms with Crippen molar-refractivity contribution in [2.24, 2.45) is 7.05 Å². The molecule has 100 valence electrons. The average Bonchev–Trinajstić information content (AvgIpc) is 2.71. The number of hydrogen-bond donors (Lipinski definition) is 1. The number of hydrogen-bond acceptors (Lipinski definition) is 4. The van der Waals surface area contributed by atoms with E-state index >= 15 is 0 Å². The lowest BCUT2D eigenvalue weighted by Crippen LogP contribution is -1.98. The van der Waals surface area contributed by atoms with E-state index in [1.807, 2.05) is 6.92 Å². The second-order valence-electron chi connectivity index (χ2n) is 4.06. The van der Waals surface area contributed by atoms with E-state index < -0.39 is 4.92 Å². The van der Waals surface area contributed by atoms with Gasteiger partial charge >= 0.3 is 0 Å². The van der Waals surface area contributed by atoms with Crippen molar-refractivity contribution >= 4 is 28.7 Å². The van der Waals surface area contributed by atoms with Crippen LogP contribution < -0.4 is 5.32 Å². The molecule has 0 saturated heterocycles. The summed E-state index contributed by atoms with van der Waals surface area (Å²) in [4.78, 5) is 10.5. The van der Waals surface area contributed by atoms with Crippen molar-refractivity contribution in [3.05, 3.63) is 45.2 Å². The third kappa shape index (κ3) is 2.85. The monoisotopic (exact) mass is 280 g/mol. The number of benzene rings is 1. The Morgan fingerprint density at radius 1 is 1.47 bits per heavy atom. The first kappa shape index (κ1) is 13.4. The van der Waals surface area contributed by atoms with Gasteiger partial charge in [0, 0.05) is 24.3 Å². The number of nitro groups is 1. The molecule has 0 spiro atoms. The van der Waals surface area contributed by atoms with Gasteiger partial charge in [0.1, 0.15) is 5.69 Å². The van der Waals surface area contributed by atoms with E-state index in [1.165, 1.54) is 6.07 Å². The van der Waals surface area contributed by atoms with E-state index in [-0.39, 0.29) is 5.69 Å². The topological polar surface area (TPSA) is 73.0 Å². The SMILES string of the molecule is CCc1nn(C)cc1Nc1ccc(Cl)cc1[N+](=O)[O-]. The Labute approximate surface area is 115 Å². The highest BCUT2D eigenvalue weighted by Gasteiger charge is 2.16. The lowest BCUT2D eigenvalue weighted by Gasteiger charge is -2.06. The molecule has 19 heavy (non-hydrogen) atoms. The van der Waals surface area contributed by atoms with Crippen LogP contribution in [0, 0.1) is 10.1 Å². The van der Waals surface area contributed by atoms with E-state index in [4.69, 9.17) is 11.6 Å². The Morgan fingerprint density at radius 2 is 2.21 bits per heavy atom. The van der Waals surface area contributed by atoms with Gasteiger partial charge < -0.3 is 5.32 Å². The van der Waals surface area contributed by atoms with Crippen LogP contribution in [0.1, 0.15) is 12.6 Å². The molecule has 0 aliphatic heterocycles. The maximum absolute atomic E-state index is 11.0. The minimum absolute atomic E-state index is 0.0570. The van der Waals surface area contributed by atoms with E-state index in [2.05, 4.69) is 10.4 Å². The van der Waals surface area contributed by atoms with E-state index in [0.29, 0.717) is 10.7 Å². The first-order chi connectivity index (χ1) is 9.01. The number of nitrogens with one attached hydrogen (secondary N) is 1. The molecule has 0 aliphatic rings. The number of aryl methyl sites for hydroxylation is 2. The molecule has 0 amide bonds. The maximum atomic E-state index is 11.0. The Morgan fingerprint density at radius 3 is 2.84 bits per heavy atom. The molecule has 1 heterocycles. The predicted molar refractivity (Wildman–Crippen MR) is 74.0 cm³/mol. The fourth-order valence-electron chi connectivity index (χ4n) is 1.81. The standard InChI is InChI=1S/C12H13ClN4O2/c1-3-9-11(7-16(2)15-9)14-10-5-4-8(13)6-12(10)17(18)19/h4-7,14H,3H2,1-2H3. The first-order valence-electron chi connectivity index (χ1n) is 5.74. The van der Waals surface area contributed by atoms with Crippen molar-refractivity contribution in [3.8, 4) is 0 Å². The highest BCUT2D eigenvalue weighted by molar-refractivity contribution is 6.30. The number of aromatic nitrogens is 2. The van der Waals surface area contributed by atoms with Gasteiger partial charge in [-0.15, -0.1) is 0 Å². The Bertz CT molecular complexity index is 624. The first-order valence-corrected chi connectivity index (χ1v) is 6.12. The van der Waals surface area contributed by atoms with Crippen LogP contribution in [0.3, 0.4) is 0 Å². The van der Waals surface area contributed by atoms with Crippen molar-refractivity contribution in [2.45, 2.75) is 13.3 Å². The van der Waals surface area contributed by atoms with Crippen LogP contribution in [0.2, 0.25) is 5.02 Å². The molecule has 0 atom stereocenters. The van der Waals surface area contributed by atoms with Crippen molar-refractivity contribution in [2.75, 3.05) is 5.32 Å².